The smallest absolute Gasteiger partial charge is 0.322 e. The lowest BCUT2D eigenvalue weighted by Gasteiger charge is -2.24. The average Bonchev–Trinajstić information content (AvgIpc) is 3.18. The van der Waals surface area contributed by atoms with Gasteiger partial charge in [-0.05, 0) is 49.6 Å². The highest BCUT2D eigenvalue weighted by molar-refractivity contribution is 6.00. The third kappa shape index (κ3) is 4.36. The number of rotatable bonds is 5. The molecule has 0 saturated carbocycles. The molecular weight excluding hydrogens is 358 g/mol. The van der Waals surface area contributed by atoms with Crippen LogP contribution in [-0.4, -0.2) is 43.6 Å². The summed E-state index contributed by atoms with van der Waals surface area (Å²) in [5, 5.41) is 5.75. The van der Waals surface area contributed by atoms with Crippen LogP contribution in [0.1, 0.15) is 18.4 Å². The molecule has 3 rings (SSSR count). The summed E-state index contributed by atoms with van der Waals surface area (Å²) in [6.07, 6.45) is 1.39. The molecule has 148 valence electrons. The summed E-state index contributed by atoms with van der Waals surface area (Å²) in [5.74, 6) is 0.900. The van der Waals surface area contributed by atoms with Crippen molar-refractivity contribution in [2.24, 2.45) is 0 Å². The lowest BCUT2D eigenvalue weighted by atomic mass is 10.2. The molecule has 0 aliphatic carbocycles. The third-order valence-corrected chi connectivity index (χ3v) is 4.75. The molecule has 0 aromatic heterocycles. The molecule has 1 saturated heterocycles. The van der Waals surface area contributed by atoms with Gasteiger partial charge in [-0.25, -0.2) is 4.79 Å². The van der Waals surface area contributed by atoms with Crippen molar-refractivity contribution < 1.29 is 19.1 Å². The number of nitrogens with one attached hydrogen (secondary N) is 2. The second-order valence-electron chi connectivity index (χ2n) is 6.71. The summed E-state index contributed by atoms with van der Waals surface area (Å²) in [6.45, 7) is 2.50. The standard InChI is InChI=1S/C21H25N3O4/c1-14-6-4-7-15(12-14)22-21(26)24-11-5-8-18(24)20(25)23-17-10-9-16(27-2)13-19(17)28-3/h4,6-7,9-10,12-13,18H,5,8,11H2,1-3H3,(H,22,26)(H,23,25)/t18-/m1/s1. The molecule has 2 aromatic rings. The van der Waals surface area contributed by atoms with Crippen LogP contribution >= 0.6 is 0 Å². The van der Waals surface area contributed by atoms with Crippen molar-refractivity contribution in [3.63, 3.8) is 0 Å². The highest BCUT2D eigenvalue weighted by Gasteiger charge is 2.34. The fraction of sp³-hybridized carbons (Fsp3) is 0.333. The molecule has 0 spiro atoms. The van der Waals surface area contributed by atoms with E-state index < -0.39 is 6.04 Å². The van der Waals surface area contributed by atoms with E-state index in [0.29, 0.717) is 35.8 Å². The van der Waals surface area contributed by atoms with E-state index in [1.807, 2.05) is 31.2 Å². The maximum atomic E-state index is 12.8. The van der Waals surface area contributed by atoms with E-state index in [1.54, 1.807) is 30.2 Å². The van der Waals surface area contributed by atoms with E-state index in [2.05, 4.69) is 10.6 Å². The van der Waals surface area contributed by atoms with Crippen LogP contribution in [0.25, 0.3) is 0 Å². The number of ether oxygens (including phenoxy) is 2. The summed E-state index contributed by atoms with van der Waals surface area (Å²) in [5.41, 5.74) is 2.31. The molecule has 1 aliphatic rings. The number of methoxy groups -OCH3 is 2. The normalized spacial score (nSPS) is 15.8. The van der Waals surface area contributed by atoms with Crippen LogP contribution in [-0.2, 0) is 4.79 Å². The Morgan fingerprint density at radius 3 is 2.61 bits per heavy atom. The monoisotopic (exact) mass is 383 g/mol. The molecule has 1 fully saturated rings. The van der Waals surface area contributed by atoms with Crippen LogP contribution in [0.2, 0.25) is 0 Å². The number of likely N-dealkylation sites (tertiary alicyclic amines) is 1. The van der Waals surface area contributed by atoms with Gasteiger partial charge in [0.25, 0.3) is 0 Å². The van der Waals surface area contributed by atoms with Crippen molar-refractivity contribution in [3.05, 3.63) is 48.0 Å². The van der Waals surface area contributed by atoms with Crippen molar-refractivity contribution in [2.75, 3.05) is 31.4 Å². The third-order valence-electron chi connectivity index (χ3n) is 4.75. The van der Waals surface area contributed by atoms with Crippen molar-refractivity contribution in [2.45, 2.75) is 25.8 Å². The molecule has 0 radical (unpaired) electrons. The highest BCUT2D eigenvalue weighted by atomic mass is 16.5. The minimum Gasteiger partial charge on any atom is -0.497 e. The molecule has 1 aliphatic heterocycles. The minimum absolute atomic E-state index is 0.236. The highest BCUT2D eigenvalue weighted by Crippen LogP contribution is 2.30. The Labute approximate surface area is 164 Å². The number of aryl methyl sites for hydroxylation is 1. The van der Waals surface area contributed by atoms with Crippen LogP contribution in [0.15, 0.2) is 42.5 Å². The number of carbonyl (C=O) groups is 2. The number of benzene rings is 2. The fourth-order valence-corrected chi connectivity index (χ4v) is 3.32. The molecule has 1 atom stereocenters. The predicted molar refractivity (Wildman–Crippen MR) is 108 cm³/mol. The van der Waals surface area contributed by atoms with Gasteiger partial charge in [0.1, 0.15) is 17.5 Å². The van der Waals surface area contributed by atoms with E-state index in [4.69, 9.17) is 9.47 Å². The van der Waals surface area contributed by atoms with Crippen molar-refractivity contribution in [1.29, 1.82) is 0 Å². The van der Waals surface area contributed by atoms with Gasteiger partial charge < -0.3 is 25.0 Å². The topological polar surface area (TPSA) is 79.9 Å². The minimum atomic E-state index is -0.531. The van der Waals surface area contributed by atoms with Gasteiger partial charge >= 0.3 is 6.03 Å². The van der Waals surface area contributed by atoms with E-state index in [0.717, 1.165) is 12.0 Å². The Morgan fingerprint density at radius 1 is 1.07 bits per heavy atom. The number of nitrogens with zero attached hydrogens (tertiary/aromatic N) is 1. The van der Waals surface area contributed by atoms with Crippen molar-refractivity contribution in [1.82, 2.24) is 4.90 Å². The van der Waals surface area contributed by atoms with E-state index in [9.17, 15) is 9.59 Å². The molecule has 7 heteroatoms. The first-order chi connectivity index (χ1) is 13.5. The zero-order chi connectivity index (χ0) is 20.1. The first-order valence-corrected chi connectivity index (χ1v) is 9.19. The summed E-state index contributed by atoms with van der Waals surface area (Å²) >= 11 is 0. The van der Waals surface area contributed by atoms with Crippen LogP contribution in [0.3, 0.4) is 0 Å². The first kappa shape index (κ1) is 19.5. The van der Waals surface area contributed by atoms with Gasteiger partial charge in [-0.1, -0.05) is 12.1 Å². The molecular formula is C21H25N3O4. The molecule has 0 bridgehead atoms. The maximum absolute atomic E-state index is 12.8. The lowest BCUT2D eigenvalue weighted by molar-refractivity contribution is -0.119. The van der Waals surface area contributed by atoms with Gasteiger partial charge in [-0.2, -0.15) is 0 Å². The summed E-state index contributed by atoms with van der Waals surface area (Å²) in [7, 11) is 3.10. The van der Waals surface area contributed by atoms with E-state index in [1.165, 1.54) is 7.11 Å². The molecule has 28 heavy (non-hydrogen) atoms. The van der Waals surface area contributed by atoms with Gasteiger partial charge in [-0.15, -0.1) is 0 Å². The largest absolute Gasteiger partial charge is 0.497 e. The second-order valence-corrected chi connectivity index (χ2v) is 6.71. The maximum Gasteiger partial charge on any atom is 0.322 e. The van der Waals surface area contributed by atoms with Crippen LogP contribution in [0, 0.1) is 6.92 Å². The molecule has 2 aromatic carbocycles. The zero-order valence-electron chi connectivity index (χ0n) is 16.3. The van der Waals surface area contributed by atoms with E-state index >= 15 is 0 Å². The van der Waals surface area contributed by atoms with Crippen LogP contribution in [0.5, 0.6) is 11.5 Å². The van der Waals surface area contributed by atoms with Gasteiger partial charge in [-0.3, -0.25) is 4.79 Å². The van der Waals surface area contributed by atoms with Crippen LogP contribution in [0.4, 0.5) is 16.2 Å². The van der Waals surface area contributed by atoms with Gasteiger partial charge in [0, 0.05) is 18.3 Å². The predicted octanol–water partition coefficient (Wildman–Crippen LogP) is 3.65. The SMILES string of the molecule is COc1ccc(NC(=O)[C@H]2CCCN2C(=O)Nc2cccc(C)c2)c(OC)c1. The summed E-state index contributed by atoms with van der Waals surface area (Å²) < 4.78 is 10.5. The number of hydrogen-bond acceptors (Lipinski definition) is 4. The van der Waals surface area contributed by atoms with Crippen molar-refractivity contribution >= 4 is 23.3 Å². The average molecular weight is 383 g/mol. The number of hydrogen-bond donors (Lipinski definition) is 2. The molecule has 3 amide bonds. The Hall–Kier alpha value is -3.22. The van der Waals surface area contributed by atoms with Crippen molar-refractivity contribution in [3.8, 4) is 11.5 Å². The lowest BCUT2D eigenvalue weighted by Crippen LogP contribution is -2.45. The van der Waals surface area contributed by atoms with E-state index in [-0.39, 0.29) is 11.9 Å². The fourth-order valence-electron chi connectivity index (χ4n) is 3.32. The second kappa shape index (κ2) is 8.65. The zero-order valence-corrected chi connectivity index (χ0v) is 16.3. The van der Waals surface area contributed by atoms with Gasteiger partial charge in [0.2, 0.25) is 5.91 Å². The quantitative estimate of drug-likeness (QED) is 0.826. The number of anilines is 2. The number of amides is 3. The van der Waals surface area contributed by atoms with Gasteiger partial charge in [0.05, 0.1) is 19.9 Å². The Kier molecular flexibility index (Phi) is 6.03. The summed E-state index contributed by atoms with van der Waals surface area (Å²) in [4.78, 5) is 27.1. The Morgan fingerprint density at radius 2 is 1.89 bits per heavy atom. The Balaban J connectivity index is 1.70. The Bertz CT molecular complexity index is 868. The first-order valence-electron chi connectivity index (χ1n) is 9.19. The van der Waals surface area contributed by atoms with Gasteiger partial charge in [0.15, 0.2) is 0 Å². The molecule has 2 N–H and O–H groups in total. The summed E-state index contributed by atoms with van der Waals surface area (Å²) in [6, 6.07) is 11.9. The molecule has 1 heterocycles. The molecule has 7 nitrogen and oxygen atoms in total. The number of carbonyl (C=O) groups excluding carboxylic acids is 2. The molecule has 0 unspecified atom stereocenters. The number of urea groups is 1. The van der Waals surface area contributed by atoms with Crippen LogP contribution < -0.4 is 20.1 Å².